The summed E-state index contributed by atoms with van der Waals surface area (Å²) in [5.41, 5.74) is 6.38. The van der Waals surface area contributed by atoms with Crippen molar-refractivity contribution in [2.45, 2.75) is 32.9 Å². The standard InChI is InChI=1S/C9H17N3O/c1-7(3-4-10)11-5-9-8(2)12-6-13-9/h6-7,11H,3-5,10H2,1-2H3. The molecule has 0 fully saturated rings. The Morgan fingerprint density at radius 1 is 1.69 bits per heavy atom. The zero-order chi connectivity index (χ0) is 9.68. The monoisotopic (exact) mass is 183 g/mol. The molecule has 13 heavy (non-hydrogen) atoms. The molecule has 0 radical (unpaired) electrons. The second-order valence-corrected chi connectivity index (χ2v) is 3.22. The van der Waals surface area contributed by atoms with Gasteiger partial charge in [-0.05, 0) is 26.8 Å². The highest BCUT2D eigenvalue weighted by atomic mass is 16.3. The van der Waals surface area contributed by atoms with E-state index in [1.807, 2.05) is 6.92 Å². The van der Waals surface area contributed by atoms with Crippen molar-refractivity contribution in [3.63, 3.8) is 0 Å². The highest BCUT2D eigenvalue weighted by Crippen LogP contribution is 2.04. The molecule has 1 aromatic heterocycles. The molecule has 0 aliphatic carbocycles. The fourth-order valence-corrected chi connectivity index (χ4v) is 1.11. The Hall–Kier alpha value is -0.870. The predicted octanol–water partition coefficient (Wildman–Crippen LogP) is 0.810. The molecule has 74 valence electrons. The minimum Gasteiger partial charge on any atom is -0.447 e. The zero-order valence-corrected chi connectivity index (χ0v) is 8.21. The van der Waals surface area contributed by atoms with Crippen LogP contribution in [-0.2, 0) is 6.54 Å². The molecule has 4 heteroatoms. The number of hydrogen-bond acceptors (Lipinski definition) is 4. The predicted molar refractivity (Wildman–Crippen MR) is 51.2 cm³/mol. The van der Waals surface area contributed by atoms with E-state index in [1.165, 1.54) is 6.39 Å². The topological polar surface area (TPSA) is 64.1 Å². The summed E-state index contributed by atoms with van der Waals surface area (Å²) in [6, 6.07) is 0.425. The number of oxazole rings is 1. The van der Waals surface area contributed by atoms with Crippen LogP contribution in [-0.4, -0.2) is 17.6 Å². The summed E-state index contributed by atoms with van der Waals surface area (Å²) in [5.74, 6) is 0.906. The molecule has 0 aliphatic heterocycles. The van der Waals surface area contributed by atoms with Gasteiger partial charge >= 0.3 is 0 Å². The molecule has 1 atom stereocenters. The van der Waals surface area contributed by atoms with Gasteiger partial charge in [0, 0.05) is 6.04 Å². The molecule has 1 heterocycles. The van der Waals surface area contributed by atoms with Crippen LogP contribution in [0.15, 0.2) is 10.8 Å². The maximum atomic E-state index is 5.43. The minimum atomic E-state index is 0.425. The molecule has 3 N–H and O–H groups in total. The van der Waals surface area contributed by atoms with Crippen LogP contribution in [0, 0.1) is 6.92 Å². The highest BCUT2D eigenvalue weighted by molar-refractivity contribution is 5.03. The van der Waals surface area contributed by atoms with Crippen molar-refractivity contribution in [3.8, 4) is 0 Å². The Morgan fingerprint density at radius 3 is 3.00 bits per heavy atom. The Kier molecular flexibility index (Phi) is 3.92. The van der Waals surface area contributed by atoms with Crippen molar-refractivity contribution in [2.75, 3.05) is 6.54 Å². The fraction of sp³-hybridized carbons (Fsp3) is 0.667. The summed E-state index contributed by atoms with van der Waals surface area (Å²) < 4.78 is 5.19. The normalized spacial score (nSPS) is 13.2. The molecular formula is C9H17N3O. The molecule has 0 bridgehead atoms. The van der Waals surface area contributed by atoms with Gasteiger partial charge in [-0.25, -0.2) is 4.98 Å². The smallest absolute Gasteiger partial charge is 0.181 e. The summed E-state index contributed by atoms with van der Waals surface area (Å²) in [4.78, 5) is 4.01. The first-order valence-corrected chi connectivity index (χ1v) is 4.56. The lowest BCUT2D eigenvalue weighted by Crippen LogP contribution is -2.27. The number of aryl methyl sites for hydroxylation is 1. The number of aromatic nitrogens is 1. The lowest BCUT2D eigenvalue weighted by Gasteiger charge is -2.10. The SMILES string of the molecule is Cc1ncoc1CNC(C)CCN. The van der Waals surface area contributed by atoms with Crippen molar-refractivity contribution in [2.24, 2.45) is 5.73 Å². The summed E-state index contributed by atoms with van der Waals surface area (Å²) in [7, 11) is 0. The Morgan fingerprint density at radius 2 is 2.46 bits per heavy atom. The molecule has 0 amide bonds. The van der Waals surface area contributed by atoms with Gasteiger partial charge in [0.25, 0.3) is 0 Å². The maximum Gasteiger partial charge on any atom is 0.181 e. The quantitative estimate of drug-likeness (QED) is 0.709. The lowest BCUT2D eigenvalue weighted by atomic mass is 10.2. The maximum absolute atomic E-state index is 5.43. The number of nitrogens with zero attached hydrogens (tertiary/aromatic N) is 1. The molecule has 0 saturated carbocycles. The third-order valence-electron chi connectivity index (χ3n) is 2.06. The van der Waals surface area contributed by atoms with E-state index in [4.69, 9.17) is 10.2 Å². The van der Waals surface area contributed by atoms with Crippen molar-refractivity contribution >= 4 is 0 Å². The summed E-state index contributed by atoms with van der Waals surface area (Å²) in [6.07, 6.45) is 2.45. The van der Waals surface area contributed by atoms with E-state index in [-0.39, 0.29) is 0 Å². The molecule has 4 nitrogen and oxygen atoms in total. The first-order chi connectivity index (χ1) is 6.24. The van der Waals surface area contributed by atoms with Crippen LogP contribution in [0.1, 0.15) is 24.8 Å². The number of rotatable bonds is 5. The number of hydrogen-bond donors (Lipinski definition) is 2. The van der Waals surface area contributed by atoms with Gasteiger partial charge in [-0.3, -0.25) is 0 Å². The third kappa shape index (κ3) is 3.16. The largest absolute Gasteiger partial charge is 0.447 e. The van der Waals surface area contributed by atoms with Gasteiger partial charge in [0.1, 0.15) is 5.76 Å². The van der Waals surface area contributed by atoms with E-state index in [1.54, 1.807) is 0 Å². The number of nitrogens with one attached hydrogen (secondary N) is 1. The minimum absolute atomic E-state index is 0.425. The van der Waals surface area contributed by atoms with E-state index in [2.05, 4.69) is 17.2 Å². The van der Waals surface area contributed by atoms with E-state index in [0.29, 0.717) is 12.6 Å². The van der Waals surface area contributed by atoms with E-state index >= 15 is 0 Å². The molecule has 0 aliphatic rings. The first kappa shape index (κ1) is 10.2. The van der Waals surface area contributed by atoms with Crippen molar-refractivity contribution in [3.05, 3.63) is 17.8 Å². The van der Waals surface area contributed by atoms with Crippen LogP contribution in [0.4, 0.5) is 0 Å². The summed E-state index contributed by atoms with van der Waals surface area (Å²) in [5, 5.41) is 3.31. The first-order valence-electron chi connectivity index (χ1n) is 4.56. The van der Waals surface area contributed by atoms with Gasteiger partial charge in [-0.15, -0.1) is 0 Å². The van der Waals surface area contributed by atoms with Crippen molar-refractivity contribution < 1.29 is 4.42 Å². The average Bonchev–Trinajstić information content (AvgIpc) is 2.48. The van der Waals surface area contributed by atoms with Crippen LogP contribution in [0.3, 0.4) is 0 Å². The van der Waals surface area contributed by atoms with E-state index in [0.717, 1.165) is 24.4 Å². The second kappa shape index (κ2) is 4.99. The number of nitrogens with two attached hydrogens (primary N) is 1. The van der Waals surface area contributed by atoms with Gasteiger partial charge in [0.05, 0.1) is 12.2 Å². The lowest BCUT2D eigenvalue weighted by molar-refractivity contribution is 0.442. The van der Waals surface area contributed by atoms with Crippen LogP contribution in [0.25, 0.3) is 0 Å². The van der Waals surface area contributed by atoms with Crippen LogP contribution in [0.5, 0.6) is 0 Å². The van der Waals surface area contributed by atoms with Gasteiger partial charge < -0.3 is 15.5 Å². The van der Waals surface area contributed by atoms with Crippen molar-refractivity contribution in [1.82, 2.24) is 10.3 Å². The molecular weight excluding hydrogens is 166 g/mol. The Labute approximate surface area is 78.5 Å². The molecule has 1 rings (SSSR count). The highest BCUT2D eigenvalue weighted by Gasteiger charge is 2.05. The zero-order valence-electron chi connectivity index (χ0n) is 8.21. The van der Waals surface area contributed by atoms with Gasteiger partial charge in [-0.1, -0.05) is 0 Å². The van der Waals surface area contributed by atoms with Crippen LogP contribution in [0.2, 0.25) is 0 Å². The Balaban J connectivity index is 2.30. The van der Waals surface area contributed by atoms with Crippen LogP contribution < -0.4 is 11.1 Å². The molecule has 0 saturated heterocycles. The fourth-order valence-electron chi connectivity index (χ4n) is 1.11. The Bertz CT molecular complexity index is 247. The summed E-state index contributed by atoms with van der Waals surface area (Å²) in [6.45, 7) is 5.49. The molecule has 0 spiro atoms. The third-order valence-corrected chi connectivity index (χ3v) is 2.06. The van der Waals surface area contributed by atoms with Gasteiger partial charge in [0.2, 0.25) is 0 Å². The van der Waals surface area contributed by atoms with Gasteiger partial charge in [-0.2, -0.15) is 0 Å². The van der Waals surface area contributed by atoms with E-state index < -0.39 is 0 Å². The average molecular weight is 183 g/mol. The molecule has 1 aromatic rings. The summed E-state index contributed by atoms with van der Waals surface area (Å²) >= 11 is 0. The van der Waals surface area contributed by atoms with E-state index in [9.17, 15) is 0 Å². The molecule has 0 aromatic carbocycles. The molecule has 1 unspecified atom stereocenters. The van der Waals surface area contributed by atoms with Crippen LogP contribution >= 0.6 is 0 Å². The second-order valence-electron chi connectivity index (χ2n) is 3.22. The van der Waals surface area contributed by atoms with Gasteiger partial charge in [0.15, 0.2) is 6.39 Å². The van der Waals surface area contributed by atoms with Crippen molar-refractivity contribution in [1.29, 1.82) is 0 Å².